The maximum atomic E-state index is 12.4. The van der Waals surface area contributed by atoms with Crippen molar-refractivity contribution in [1.82, 2.24) is 4.72 Å². The van der Waals surface area contributed by atoms with Gasteiger partial charge in [0.05, 0.1) is 9.82 Å². The highest BCUT2D eigenvalue weighted by Gasteiger charge is 2.25. The predicted molar refractivity (Wildman–Crippen MR) is 87.7 cm³/mol. The summed E-state index contributed by atoms with van der Waals surface area (Å²) >= 11 is 0. The van der Waals surface area contributed by atoms with Gasteiger partial charge in [-0.15, -0.1) is 12.4 Å². The molecule has 0 heterocycles. The maximum absolute atomic E-state index is 12.4. The molecule has 0 aliphatic heterocycles. The molecule has 0 fully saturated rings. The molecule has 0 aromatic heterocycles. The molecule has 1 atom stereocenters. The molecule has 0 saturated carbocycles. The Morgan fingerprint density at radius 2 is 1.95 bits per heavy atom. The number of nitro benzene ring substituents is 1. The van der Waals surface area contributed by atoms with E-state index in [4.69, 9.17) is 5.73 Å². The van der Waals surface area contributed by atoms with Crippen LogP contribution in [0, 0.1) is 23.0 Å². The van der Waals surface area contributed by atoms with Crippen LogP contribution in [-0.2, 0) is 10.0 Å². The van der Waals surface area contributed by atoms with Crippen LogP contribution in [0.25, 0.3) is 0 Å². The maximum Gasteiger partial charge on any atom is 0.273 e. The van der Waals surface area contributed by atoms with Crippen molar-refractivity contribution in [2.24, 2.45) is 11.7 Å². The molecule has 0 saturated heterocycles. The lowest BCUT2D eigenvalue weighted by Gasteiger charge is -2.19. The molecule has 3 N–H and O–H groups in total. The molecule has 9 heteroatoms. The number of nitrogens with one attached hydrogen (secondary N) is 1. The Labute approximate surface area is 136 Å². The third-order valence-electron chi connectivity index (χ3n) is 3.10. The van der Waals surface area contributed by atoms with Crippen LogP contribution < -0.4 is 10.5 Å². The molecule has 1 aromatic carbocycles. The lowest BCUT2D eigenvalue weighted by atomic mass is 10.1. The molecule has 1 aromatic rings. The first-order valence-electron chi connectivity index (χ1n) is 6.65. The first kappa shape index (κ1) is 20.8. The standard InChI is InChI=1S/C13H21N3O4S.ClH/c1-9(2)7-11(8-14)15-21(19,20)13-6-4-5-12(10(13)3)16(17)18;/h4-6,9,11,15H,7-8,14H2,1-3H3;1H. The summed E-state index contributed by atoms with van der Waals surface area (Å²) in [5.41, 5.74) is 5.49. The SMILES string of the molecule is Cc1c([N+](=O)[O-])cccc1S(=O)(=O)NC(CN)CC(C)C.Cl. The summed E-state index contributed by atoms with van der Waals surface area (Å²) in [6, 6.07) is 3.60. The van der Waals surface area contributed by atoms with Crippen LogP contribution in [0.1, 0.15) is 25.8 Å². The highest BCUT2D eigenvalue weighted by Crippen LogP contribution is 2.25. The number of nitrogens with two attached hydrogens (primary N) is 1. The number of nitro groups is 1. The fourth-order valence-corrected chi connectivity index (χ4v) is 3.66. The van der Waals surface area contributed by atoms with E-state index < -0.39 is 21.0 Å². The van der Waals surface area contributed by atoms with Gasteiger partial charge in [0.15, 0.2) is 0 Å². The normalized spacial score (nSPS) is 12.8. The van der Waals surface area contributed by atoms with Gasteiger partial charge in [-0.05, 0) is 25.3 Å². The number of halogens is 1. The number of sulfonamides is 1. The Morgan fingerprint density at radius 3 is 2.41 bits per heavy atom. The fourth-order valence-electron chi connectivity index (χ4n) is 2.14. The molecule has 0 amide bonds. The van der Waals surface area contributed by atoms with Gasteiger partial charge >= 0.3 is 0 Å². The largest absolute Gasteiger partial charge is 0.329 e. The molecule has 22 heavy (non-hydrogen) atoms. The van der Waals surface area contributed by atoms with Crippen molar-refractivity contribution in [2.75, 3.05) is 6.54 Å². The number of hydrogen-bond acceptors (Lipinski definition) is 5. The van der Waals surface area contributed by atoms with Crippen molar-refractivity contribution in [3.8, 4) is 0 Å². The number of rotatable bonds is 7. The predicted octanol–water partition coefficient (Wildman–Crippen LogP) is 1.98. The van der Waals surface area contributed by atoms with E-state index in [9.17, 15) is 18.5 Å². The molecular formula is C13H22ClN3O4S. The summed E-state index contributed by atoms with van der Waals surface area (Å²) in [6.45, 7) is 5.53. The highest BCUT2D eigenvalue weighted by molar-refractivity contribution is 7.89. The summed E-state index contributed by atoms with van der Waals surface area (Å²) in [5.74, 6) is 0.285. The number of benzene rings is 1. The van der Waals surface area contributed by atoms with E-state index in [-0.39, 0.29) is 41.0 Å². The monoisotopic (exact) mass is 351 g/mol. The number of hydrogen-bond donors (Lipinski definition) is 2. The zero-order valence-electron chi connectivity index (χ0n) is 12.8. The average molecular weight is 352 g/mol. The molecule has 0 spiro atoms. The van der Waals surface area contributed by atoms with Crippen LogP contribution in [0.15, 0.2) is 23.1 Å². The molecule has 1 rings (SSSR count). The minimum atomic E-state index is -3.84. The van der Waals surface area contributed by atoms with Gasteiger partial charge in [0, 0.05) is 24.2 Å². The second kappa shape index (κ2) is 8.42. The molecule has 0 radical (unpaired) electrons. The third kappa shape index (κ3) is 5.20. The van der Waals surface area contributed by atoms with Gasteiger partial charge in [-0.1, -0.05) is 19.9 Å². The van der Waals surface area contributed by atoms with Crippen LogP contribution in [0.3, 0.4) is 0 Å². The van der Waals surface area contributed by atoms with Gasteiger partial charge in [-0.3, -0.25) is 10.1 Å². The van der Waals surface area contributed by atoms with Crippen molar-refractivity contribution in [3.05, 3.63) is 33.9 Å². The second-order valence-corrected chi connectivity index (χ2v) is 7.02. The summed E-state index contributed by atoms with van der Waals surface area (Å²) in [7, 11) is -3.84. The quantitative estimate of drug-likeness (QED) is 0.575. The number of nitrogens with zero attached hydrogens (tertiary/aromatic N) is 1. The van der Waals surface area contributed by atoms with E-state index >= 15 is 0 Å². The van der Waals surface area contributed by atoms with Crippen molar-refractivity contribution >= 4 is 28.1 Å². The minimum absolute atomic E-state index is 0. The summed E-state index contributed by atoms with van der Waals surface area (Å²) < 4.78 is 27.3. The van der Waals surface area contributed by atoms with Gasteiger partial charge in [0.1, 0.15) is 0 Å². The van der Waals surface area contributed by atoms with E-state index in [0.717, 1.165) is 0 Å². The topological polar surface area (TPSA) is 115 Å². The molecule has 0 aliphatic rings. The smallest absolute Gasteiger partial charge is 0.273 e. The lowest BCUT2D eigenvalue weighted by Crippen LogP contribution is -2.41. The van der Waals surface area contributed by atoms with Crippen LogP contribution >= 0.6 is 12.4 Å². The van der Waals surface area contributed by atoms with E-state index in [0.29, 0.717) is 6.42 Å². The average Bonchev–Trinajstić information content (AvgIpc) is 2.36. The van der Waals surface area contributed by atoms with Crippen LogP contribution in [0.5, 0.6) is 0 Å². The molecule has 0 bridgehead atoms. The van der Waals surface area contributed by atoms with Gasteiger partial charge in [0.2, 0.25) is 10.0 Å². The summed E-state index contributed by atoms with van der Waals surface area (Å²) in [4.78, 5) is 10.2. The van der Waals surface area contributed by atoms with E-state index in [1.165, 1.54) is 25.1 Å². The summed E-state index contributed by atoms with van der Waals surface area (Å²) in [6.07, 6.45) is 0.601. The van der Waals surface area contributed by atoms with Gasteiger partial charge < -0.3 is 5.73 Å². The molecule has 7 nitrogen and oxygen atoms in total. The molecule has 126 valence electrons. The van der Waals surface area contributed by atoms with Crippen LogP contribution in [0.4, 0.5) is 5.69 Å². The van der Waals surface area contributed by atoms with Crippen molar-refractivity contribution < 1.29 is 13.3 Å². The van der Waals surface area contributed by atoms with Gasteiger partial charge in [-0.25, -0.2) is 13.1 Å². The Hall–Kier alpha value is -1.22. The van der Waals surface area contributed by atoms with E-state index in [1.54, 1.807) is 0 Å². The van der Waals surface area contributed by atoms with Crippen LogP contribution in [-0.4, -0.2) is 25.9 Å². The first-order chi connectivity index (χ1) is 9.69. The minimum Gasteiger partial charge on any atom is -0.329 e. The fraction of sp³-hybridized carbons (Fsp3) is 0.538. The zero-order valence-corrected chi connectivity index (χ0v) is 14.4. The zero-order chi connectivity index (χ0) is 16.2. The summed E-state index contributed by atoms with van der Waals surface area (Å²) in [5, 5.41) is 10.9. The molecule has 1 unspecified atom stereocenters. The van der Waals surface area contributed by atoms with Gasteiger partial charge in [0.25, 0.3) is 5.69 Å². The van der Waals surface area contributed by atoms with Crippen LogP contribution in [0.2, 0.25) is 0 Å². The Morgan fingerprint density at radius 1 is 1.36 bits per heavy atom. The Bertz CT molecular complexity index is 620. The molecule has 0 aliphatic carbocycles. The Balaban J connectivity index is 0.00000441. The van der Waals surface area contributed by atoms with Crippen molar-refractivity contribution in [1.29, 1.82) is 0 Å². The van der Waals surface area contributed by atoms with Crippen molar-refractivity contribution in [2.45, 2.75) is 38.1 Å². The Kier molecular flexibility index (Phi) is 7.96. The van der Waals surface area contributed by atoms with Gasteiger partial charge in [-0.2, -0.15) is 0 Å². The highest BCUT2D eigenvalue weighted by atomic mass is 35.5. The van der Waals surface area contributed by atoms with Crippen molar-refractivity contribution in [3.63, 3.8) is 0 Å². The third-order valence-corrected chi connectivity index (χ3v) is 4.77. The van der Waals surface area contributed by atoms with E-state index in [2.05, 4.69) is 4.72 Å². The lowest BCUT2D eigenvalue weighted by molar-refractivity contribution is -0.385. The second-order valence-electron chi connectivity index (χ2n) is 5.34. The molecular weight excluding hydrogens is 330 g/mol. The van der Waals surface area contributed by atoms with E-state index in [1.807, 2.05) is 13.8 Å². The first-order valence-corrected chi connectivity index (χ1v) is 8.13.